The number of anilines is 3. The first-order chi connectivity index (χ1) is 15.3. The maximum absolute atomic E-state index is 14.9. The van der Waals surface area contributed by atoms with Crippen LogP contribution in [0.25, 0.3) is 5.57 Å². The van der Waals surface area contributed by atoms with Crippen LogP contribution in [0.15, 0.2) is 36.4 Å². The van der Waals surface area contributed by atoms with Crippen molar-refractivity contribution in [2.45, 2.75) is 39.5 Å². The van der Waals surface area contributed by atoms with E-state index in [-0.39, 0.29) is 28.5 Å². The Bertz CT molecular complexity index is 1190. The number of benzene rings is 2. The van der Waals surface area contributed by atoms with Gasteiger partial charge in [-0.1, -0.05) is 37.6 Å². The Morgan fingerprint density at radius 2 is 1.84 bits per heavy atom. The van der Waals surface area contributed by atoms with Gasteiger partial charge in [-0.25, -0.2) is 13.8 Å². The summed E-state index contributed by atoms with van der Waals surface area (Å²) in [6.45, 7) is 6.22. The van der Waals surface area contributed by atoms with Crippen LogP contribution in [0.3, 0.4) is 0 Å². The lowest BCUT2D eigenvalue weighted by molar-refractivity contribution is 0.406. The maximum Gasteiger partial charge on any atom is 0.223 e. The minimum absolute atomic E-state index is 0.0564. The Balaban J connectivity index is 1.68. The lowest BCUT2D eigenvalue weighted by Crippen LogP contribution is -2.03. The number of nitrogens with two attached hydrogens (primary N) is 1. The standard InChI is InChI=1S/C24H23ClF2N4O/c1-4-13-6-7-18(21-12(3)8-14(5-2)22(13)21)32-23-16(26)9-15(10-17(23)27)29-20-11-19(25)30-24(28)31-20/h6-11,14H,4-5H2,1-3H3,(H3,28,29,30,31). The molecule has 32 heavy (non-hydrogen) atoms. The average Bonchev–Trinajstić information content (AvgIpc) is 3.07. The fourth-order valence-corrected chi connectivity index (χ4v) is 4.33. The van der Waals surface area contributed by atoms with Crippen LogP contribution in [0.2, 0.25) is 5.15 Å². The quantitative estimate of drug-likeness (QED) is 0.390. The van der Waals surface area contributed by atoms with E-state index < -0.39 is 17.4 Å². The van der Waals surface area contributed by atoms with Crippen molar-refractivity contribution < 1.29 is 13.5 Å². The Morgan fingerprint density at radius 1 is 1.12 bits per heavy atom. The van der Waals surface area contributed by atoms with E-state index in [2.05, 4.69) is 35.2 Å². The van der Waals surface area contributed by atoms with Crippen LogP contribution in [0.1, 0.15) is 49.8 Å². The number of fused-ring (bicyclic) bond motifs is 1. The first-order valence-corrected chi connectivity index (χ1v) is 10.8. The van der Waals surface area contributed by atoms with Crippen LogP contribution in [0.4, 0.5) is 26.2 Å². The number of aryl methyl sites for hydroxylation is 1. The van der Waals surface area contributed by atoms with E-state index in [4.69, 9.17) is 22.1 Å². The molecule has 0 bridgehead atoms. The van der Waals surface area contributed by atoms with Crippen molar-refractivity contribution in [3.05, 3.63) is 69.9 Å². The van der Waals surface area contributed by atoms with Gasteiger partial charge in [-0.3, -0.25) is 0 Å². The largest absolute Gasteiger partial charge is 0.451 e. The van der Waals surface area contributed by atoms with E-state index in [0.29, 0.717) is 5.75 Å². The molecule has 3 aromatic rings. The highest BCUT2D eigenvalue weighted by Crippen LogP contribution is 2.46. The summed E-state index contributed by atoms with van der Waals surface area (Å²) in [5.74, 6) is -1.28. The minimum Gasteiger partial charge on any atom is -0.451 e. The van der Waals surface area contributed by atoms with Crippen molar-refractivity contribution in [3.63, 3.8) is 0 Å². The highest BCUT2D eigenvalue weighted by molar-refractivity contribution is 6.29. The normalized spacial score (nSPS) is 14.8. The van der Waals surface area contributed by atoms with Crippen LogP contribution < -0.4 is 15.8 Å². The van der Waals surface area contributed by atoms with Crippen molar-refractivity contribution in [1.29, 1.82) is 0 Å². The van der Waals surface area contributed by atoms with Crippen molar-refractivity contribution in [2.24, 2.45) is 0 Å². The molecule has 8 heteroatoms. The van der Waals surface area contributed by atoms with Gasteiger partial charge < -0.3 is 15.8 Å². The summed E-state index contributed by atoms with van der Waals surface area (Å²) in [5, 5.41) is 2.89. The number of hydrogen-bond acceptors (Lipinski definition) is 5. The van der Waals surface area contributed by atoms with E-state index >= 15 is 0 Å². The summed E-state index contributed by atoms with van der Waals surface area (Å²) in [4.78, 5) is 7.70. The van der Waals surface area contributed by atoms with Gasteiger partial charge in [0.1, 0.15) is 16.7 Å². The molecule has 0 spiro atoms. The molecule has 5 nitrogen and oxygen atoms in total. The summed E-state index contributed by atoms with van der Waals surface area (Å²) < 4.78 is 35.6. The average molecular weight is 457 g/mol. The molecule has 0 radical (unpaired) electrons. The fraction of sp³-hybridized carbons (Fsp3) is 0.250. The SMILES string of the molecule is CCc1ccc(Oc2c(F)cc(Nc3cc(Cl)nc(N)n3)cc2F)c2c1C(CC)C=C2C. The van der Waals surface area contributed by atoms with Gasteiger partial charge in [0.2, 0.25) is 5.95 Å². The highest BCUT2D eigenvalue weighted by atomic mass is 35.5. The molecule has 0 aliphatic heterocycles. The Labute approximate surface area is 190 Å². The third kappa shape index (κ3) is 4.12. The molecule has 166 valence electrons. The van der Waals surface area contributed by atoms with Crippen molar-refractivity contribution in [1.82, 2.24) is 9.97 Å². The number of aromatic nitrogens is 2. The van der Waals surface area contributed by atoms with Crippen LogP contribution in [-0.4, -0.2) is 9.97 Å². The number of nitrogens with one attached hydrogen (secondary N) is 1. The second-order valence-electron chi connectivity index (χ2n) is 7.66. The molecule has 2 aromatic carbocycles. The van der Waals surface area contributed by atoms with Gasteiger partial charge in [-0.05, 0) is 42.5 Å². The molecule has 0 saturated carbocycles. The Morgan fingerprint density at radius 3 is 2.47 bits per heavy atom. The van der Waals surface area contributed by atoms with Gasteiger partial charge in [0, 0.05) is 35.4 Å². The fourth-order valence-electron chi connectivity index (χ4n) is 4.14. The first kappa shape index (κ1) is 22.0. The van der Waals surface area contributed by atoms with E-state index in [9.17, 15) is 8.78 Å². The van der Waals surface area contributed by atoms with Crippen molar-refractivity contribution >= 4 is 34.6 Å². The molecule has 0 fully saturated rings. The number of hydrogen-bond donors (Lipinski definition) is 2. The third-order valence-electron chi connectivity index (χ3n) is 5.53. The number of nitrogens with zero attached hydrogens (tertiary/aromatic N) is 2. The highest BCUT2D eigenvalue weighted by Gasteiger charge is 2.27. The van der Waals surface area contributed by atoms with Gasteiger partial charge in [-0.2, -0.15) is 4.98 Å². The number of allylic oxidation sites excluding steroid dienone is 2. The number of halogens is 3. The second-order valence-corrected chi connectivity index (χ2v) is 8.05. The topological polar surface area (TPSA) is 73.1 Å². The zero-order valence-corrected chi connectivity index (χ0v) is 18.7. The van der Waals surface area contributed by atoms with Crippen LogP contribution in [0.5, 0.6) is 11.5 Å². The molecule has 0 saturated heterocycles. The molecular formula is C24H23ClF2N4O. The van der Waals surface area contributed by atoms with Gasteiger partial charge in [-0.15, -0.1) is 0 Å². The van der Waals surface area contributed by atoms with Crippen LogP contribution in [0, 0.1) is 11.6 Å². The molecule has 1 unspecified atom stereocenters. The molecule has 1 aliphatic carbocycles. The molecule has 1 atom stereocenters. The predicted octanol–water partition coefficient (Wildman–Crippen LogP) is 7.00. The van der Waals surface area contributed by atoms with Gasteiger partial charge in [0.05, 0.1) is 0 Å². The molecule has 1 heterocycles. The summed E-state index contributed by atoms with van der Waals surface area (Å²) in [6, 6.07) is 7.41. The Hall–Kier alpha value is -3.19. The second kappa shape index (κ2) is 8.74. The summed E-state index contributed by atoms with van der Waals surface area (Å²) in [5.41, 5.74) is 10.1. The predicted molar refractivity (Wildman–Crippen MR) is 124 cm³/mol. The van der Waals surface area contributed by atoms with Crippen LogP contribution >= 0.6 is 11.6 Å². The Kier molecular flexibility index (Phi) is 6.02. The van der Waals surface area contributed by atoms with E-state index in [1.807, 2.05) is 13.0 Å². The third-order valence-corrected chi connectivity index (χ3v) is 5.72. The number of ether oxygens (including phenoxy) is 1. The zero-order valence-electron chi connectivity index (χ0n) is 18.0. The van der Waals surface area contributed by atoms with E-state index in [1.165, 1.54) is 17.2 Å². The first-order valence-electron chi connectivity index (χ1n) is 10.4. The van der Waals surface area contributed by atoms with Gasteiger partial charge >= 0.3 is 0 Å². The maximum atomic E-state index is 14.9. The molecule has 0 amide bonds. The minimum atomic E-state index is -0.847. The van der Waals surface area contributed by atoms with Crippen molar-refractivity contribution in [2.75, 3.05) is 11.1 Å². The lowest BCUT2D eigenvalue weighted by Gasteiger charge is -2.18. The van der Waals surface area contributed by atoms with Crippen LogP contribution in [-0.2, 0) is 6.42 Å². The van der Waals surface area contributed by atoms with Gasteiger partial charge in [0.15, 0.2) is 17.4 Å². The molecule has 4 rings (SSSR count). The van der Waals surface area contributed by atoms with E-state index in [1.54, 1.807) is 6.07 Å². The molecule has 1 aromatic heterocycles. The smallest absolute Gasteiger partial charge is 0.223 e. The van der Waals surface area contributed by atoms with E-state index in [0.717, 1.165) is 36.1 Å². The molecule has 3 N–H and O–H groups in total. The molecule has 1 aliphatic rings. The number of nitrogen functional groups attached to an aromatic ring is 1. The summed E-state index contributed by atoms with van der Waals surface area (Å²) in [6.07, 6.45) is 4.01. The van der Waals surface area contributed by atoms with Gasteiger partial charge in [0.25, 0.3) is 0 Å². The lowest BCUT2D eigenvalue weighted by atomic mass is 9.91. The molecular weight excluding hydrogens is 434 g/mol. The van der Waals surface area contributed by atoms with Crippen molar-refractivity contribution in [3.8, 4) is 11.5 Å². The zero-order chi connectivity index (χ0) is 23.0. The summed E-state index contributed by atoms with van der Waals surface area (Å²) in [7, 11) is 0. The number of rotatable bonds is 6. The monoisotopic (exact) mass is 456 g/mol. The summed E-state index contributed by atoms with van der Waals surface area (Å²) >= 11 is 5.85.